The zero-order valence-electron chi connectivity index (χ0n) is 14.9. The molecule has 0 aliphatic carbocycles. The molecule has 0 unspecified atom stereocenters. The van der Waals surface area contributed by atoms with Gasteiger partial charge in [0.25, 0.3) is 0 Å². The van der Waals surface area contributed by atoms with E-state index < -0.39 is 6.04 Å². The topological polar surface area (TPSA) is 67.8 Å². The second-order valence-corrected chi connectivity index (χ2v) is 5.97. The molecule has 5 heteroatoms. The number of benzene rings is 3. The normalized spacial score (nSPS) is 11.8. The summed E-state index contributed by atoms with van der Waals surface area (Å²) in [6.07, 6.45) is 0. The maximum absolute atomic E-state index is 11.9. The number of hydrogen-bond donors (Lipinski definition) is 2. The Labute approximate surface area is 152 Å². The molecule has 0 aromatic heterocycles. The van der Waals surface area contributed by atoms with Gasteiger partial charge in [0.05, 0.1) is 20.3 Å². The number of phenols is 1. The number of amides is 1. The Morgan fingerprint density at radius 2 is 1.73 bits per heavy atom. The molecular weight excluding hydrogens is 330 g/mol. The number of nitrogens with one attached hydrogen (secondary N) is 1. The lowest BCUT2D eigenvalue weighted by Gasteiger charge is -2.23. The van der Waals surface area contributed by atoms with Crippen LogP contribution in [0.2, 0.25) is 0 Å². The number of carbonyl (C=O) groups is 1. The zero-order chi connectivity index (χ0) is 18.7. The minimum atomic E-state index is -0.529. The molecule has 0 heterocycles. The molecule has 0 bridgehead atoms. The van der Waals surface area contributed by atoms with Crippen LogP contribution in [0.5, 0.6) is 17.2 Å². The fourth-order valence-electron chi connectivity index (χ4n) is 3.15. The molecule has 3 aromatic rings. The van der Waals surface area contributed by atoms with Gasteiger partial charge in [0.1, 0.15) is 5.75 Å². The molecule has 3 aromatic carbocycles. The Balaban J connectivity index is 2.22. The Morgan fingerprint density at radius 3 is 2.42 bits per heavy atom. The van der Waals surface area contributed by atoms with Crippen molar-refractivity contribution in [1.29, 1.82) is 0 Å². The van der Waals surface area contributed by atoms with Crippen molar-refractivity contribution in [1.82, 2.24) is 5.32 Å². The predicted octanol–water partition coefficient (Wildman–Crippen LogP) is 3.79. The molecule has 1 amide bonds. The third kappa shape index (κ3) is 3.28. The number of hydrogen-bond acceptors (Lipinski definition) is 4. The highest BCUT2D eigenvalue weighted by molar-refractivity contribution is 5.89. The average molecular weight is 351 g/mol. The highest BCUT2D eigenvalue weighted by Gasteiger charge is 2.22. The van der Waals surface area contributed by atoms with E-state index in [1.54, 1.807) is 32.4 Å². The van der Waals surface area contributed by atoms with Crippen molar-refractivity contribution in [2.45, 2.75) is 13.0 Å². The summed E-state index contributed by atoms with van der Waals surface area (Å²) in [5, 5.41) is 15.4. The van der Waals surface area contributed by atoms with Crippen LogP contribution in [0.3, 0.4) is 0 Å². The monoisotopic (exact) mass is 351 g/mol. The van der Waals surface area contributed by atoms with E-state index in [1.807, 2.05) is 36.4 Å². The quantitative estimate of drug-likeness (QED) is 0.734. The summed E-state index contributed by atoms with van der Waals surface area (Å²) in [7, 11) is 3.13. The van der Waals surface area contributed by atoms with Gasteiger partial charge in [-0.3, -0.25) is 4.79 Å². The number of aromatic hydroxyl groups is 1. The third-order valence-electron chi connectivity index (χ3n) is 4.32. The second-order valence-electron chi connectivity index (χ2n) is 5.97. The molecule has 0 fully saturated rings. The Bertz CT molecular complexity index is 952. The van der Waals surface area contributed by atoms with Gasteiger partial charge in [-0.15, -0.1) is 0 Å². The van der Waals surface area contributed by atoms with Crippen molar-refractivity contribution in [3.63, 3.8) is 0 Å². The number of rotatable bonds is 5. The van der Waals surface area contributed by atoms with Gasteiger partial charge in [-0.1, -0.05) is 36.4 Å². The highest BCUT2D eigenvalue weighted by atomic mass is 16.5. The lowest BCUT2D eigenvalue weighted by Crippen LogP contribution is -2.27. The van der Waals surface area contributed by atoms with E-state index in [2.05, 4.69) is 5.32 Å². The molecule has 0 aliphatic heterocycles. The van der Waals surface area contributed by atoms with E-state index in [0.29, 0.717) is 17.1 Å². The van der Waals surface area contributed by atoms with Crippen molar-refractivity contribution < 1.29 is 19.4 Å². The van der Waals surface area contributed by atoms with E-state index in [1.165, 1.54) is 6.92 Å². The van der Waals surface area contributed by atoms with Gasteiger partial charge < -0.3 is 19.9 Å². The fourth-order valence-corrected chi connectivity index (χ4v) is 3.15. The SMILES string of the molecule is COc1ccc([C@H](NC(C)=O)c2c(O)ccc3ccccc23)cc1OC. The van der Waals surface area contributed by atoms with Crippen LogP contribution in [0, 0.1) is 0 Å². The average Bonchev–Trinajstić information content (AvgIpc) is 2.65. The smallest absolute Gasteiger partial charge is 0.217 e. The molecule has 0 radical (unpaired) electrons. The maximum Gasteiger partial charge on any atom is 0.217 e. The van der Waals surface area contributed by atoms with Gasteiger partial charge in [-0.2, -0.15) is 0 Å². The number of phenolic OH excluding ortho intramolecular Hbond substituents is 1. The van der Waals surface area contributed by atoms with Crippen LogP contribution in [0.4, 0.5) is 0 Å². The molecule has 26 heavy (non-hydrogen) atoms. The summed E-state index contributed by atoms with van der Waals surface area (Å²) < 4.78 is 10.7. The largest absolute Gasteiger partial charge is 0.508 e. The van der Waals surface area contributed by atoms with Gasteiger partial charge in [0.15, 0.2) is 11.5 Å². The molecular formula is C21H21NO4. The van der Waals surface area contributed by atoms with Crippen molar-refractivity contribution in [2.24, 2.45) is 0 Å². The molecule has 134 valence electrons. The first kappa shape index (κ1) is 17.6. The third-order valence-corrected chi connectivity index (χ3v) is 4.32. The second kappa shape index (κ2) is 7.35. The molecule has 1 atom stereocenters. The first-order valence-corrected chi connectivity index (χ1v) is 8.24. The van der Waals surface area contributed by atoms with E-state index in [-0.39, 0.29) is 11.7 Å². The Kier molecular flexibility index (Phi) is 4.98. The van der Waals surface area contributed by atoms with Crippen molar-refractivity contribution in [2.75, 3.05) is 14.2 Å². The van der Waals surface area contributed by atoms with Crippen LogP contribution >= 0.6 is 0 Å². The van der Waals surface area contributed by atoms with Crippen molar-refractivity contribution >= 4 is 16.7 Å². The molecule has 0 spiro atoms. The molecule has 0 saturated carbocycles. The first-order valence-electron chi connectivity index (χ1n) is 8.24. The van der Waals surface area contributed by atoms with Crippen molar-refractivity contribution in [3.8, 4) is 17.2 Å². The summed E-state index contributed by atoms with van der Waals surface area (Å²) >= 11 is 0. The lowest BCUT2D eigenvalue weighted by atomic mass is 9.92. The van der Waals surface area contributed by atoms with Crippen LogP contribution in [0.15, 0.2) is 54.6 Å². The maximum atomic E-state index is 11.9. The molecule has 0 saturated heterocycles. The summed E-state index contributed by atoms with van der Waals surface area (Å²) in [6, 6.07) is 16.2. The Morgan fingerprint density at radius 1 is 1.00 bits per heavy atom. The van der Waals surface area contributed by atoms with E-state index in [9.17, 15) is 9.90 Å². The van der Waals surface area contributed by atoms with Gasteiger partial charge in [-0.25, -0.2) is 0 Å². The zero-order valence-corrected chi connectivity index (χ0v) is 14.9. The van der Waals surface area contributed by atoms with Gasteiger partial charge in [0, 0.05) is 12.5 Å². The van der Waals surface area contributed by atoms with E-state index in [4.69, 9.17) is 9.47 Å². The van der Waals surface area contributed by atoms with Crippen LogP contribution in [-0.2, 0) is 4.79 Å². The molecule has 0 aliphatic rings. The molecule has 2 N–H and O–H groups in total. The van der Waals surface area contributed by atoms with Crippen LogP contribution in [0.1, 0.15) is 24.1 Å². The highest BCUT2D eigenvalue weighted by Crippen LogP contribution is 2.38. The van der Waals surface area contributed by atoms with Gasteiger partial charge in [-0.05, 0) is 34.5 Å². The number of fused-ring (bicyclic) bond motifs is 1. The standard InChI is InChI=1S/C21H21NO4/c1-13(23)22-21(15-9-11-18(25-2)19(12-15)26-3)20-16-7-5-4-6-14(16)8-10-17(20)24/h4-12,21,24H,1-3H3,(H,22,23)/t21-/m0/s1. The van der Waals surface area contributed by atoms with Gasteiger partial charge in [0.2, 0.25) is 5.91 Å². The van der Waals surface area contributed by atoms with Crippen LogP contribution in [0.25, 0.3) is 10.8 Å². The minimum Gasteiger partial charge on any atom is -0.508 e. The molecule has 3 rings (SSSR count). The molecule has 5 nitrogen and oxygen atoms in total. The lowest BCUT2D eigenvalue weighted by molar-refractivity contribution is -0.119. The van der Waals surface area contributed by atoms with E-state index >= 15 is 0 Å². The predicted molar refractivity (Wildman–Crippen MR) is 101 cm³/mol. The summed E-state index contributed by atoms with van der Waals surface area (Å²) in [4.78, 5) is 11.9. The summed E-state index contributed by atoms with van der Waals surface area (Å²) in [6.45, 7) is 1.45. The van der Waals surface area contributed by atoms with Crippen LogP contribution in [-0.4, -0.2) is 25.2 Å². The van der Waals surface area contributed by atoms with Gasteiger partial charge >= 0.3 is 0 Å². The first-order chi connectivity index (χ1) is 12.5. The number of methoxy groups -OCH3 is 2. The Hall–Kier alpha value is -3.21. The fraction of sp³-hybridized carbons (Fsp3) is 0.190. The number of carbonyl (C=O) groups excluding carboxylic acids is 1. The van der Waals surface area contributed by atoms with Crippen LogP contribution < -0.4 is 14.8 Å². The summed E-state index contributed by atoms with van der Waals surface area (Å²) in [5.74, 6) is 1.08. The summed E-state index contributed by atoms with van der Waals surface area (Å²) in [5.41, 5.74) is 1.43. The number of ether oxygens (including phenoxy) is 2. The minimum absolute atomic E-state index is 0.122. The van der Waals surface area contributed by atoms with Crippen molar-refractivity contribution in [3.05, 3.63) is 65.7 Å². The van der Waals surface area contributed by atoms with E-state index in [0.717, 1.165) is 16.3 Å².